The molecule has 1 fully saturated rings. The van der Waals surface area contributed by atoms with E-state index in [0.29, 0.717) is 41.8 Å². The van der Waals surface area contributed by atoms with E-state index in [-0.39, 0.29) is 24.3 Å². The van der Waals surface area contributed by atoms with Crippen LogP contribution in [0.1, 0.15) is 49.7 Å². The number of carbonyl (C=O) groups is 2. The molecule has 0 bridgehead atoms. The van der Waals surface area contributed by atoms with Crippen molar-refractivity contribution >= 4 is 35.0 Å². The van der Waals surface area contributed by atoms with Gasteiger partial charge in [0.05, 0.1) is 6.61 Å². The van der Waals surface area contributed by atoms with Gasteiger partial charge in [-0.25, -0.2) is 0 Å². The van der Waals surface area contributed by atoms with Crippen LogP contribution in [-0.4, -0.2) is 35.4 Å². The van der Waals surface area contributed by atoms with Crippen molar-refractivity contribution in [3.05, 3.63) is 100 Å². The second-order valence-electron chi connectivity index (χ2n) is 9.75. The number of amides is 2. The average molecular weight is 554 g/mol. The Hall–Kier alpha value is -3.02. The average Bonchev–Trinajstić information content (AvgIpc) is 3.43. The molecule has 0 aliphatic heterocycles. The summed E-state index contributed by atoms with van der Waals surface area (Å²) in [5, 5.41) is 4.47. The highest BCUT2D eigenvalue weighted by molar-refractivity contribution is 6.30. The summed E-state index contributed by atoms with van der Waals surface area (Å²) in [5.41, 5.74) is 1.89. The molecule has 0 spiro atoms. The molecular formula is C31H34Cl2N2O3. The fourth-order valence-corrected chi connectivity index (χ4v) is 5.18. The zero-order valence-corrected chi connectivity index (χ0v) is 23.0. The summed E-state index contributed by atoms with van der Waals surface area (Å²) in [7, 11) is 0. The predicted molar refractivity (Wildman–Crippen MR) is 153 cm³/mol. The van der Waals surface area contributed by atoms with Crippen LogP contribution in [0.3, 0.4) is 0 Å². The molecule has 0 unspecified atom stereocenters. The molecule has 5 nitrogen and oxygen atoms in total. The van der Waals surface area contributed by atoms with Gasteiger partial charge in [-0.1, -0.05) is 78.5 Å². The van der Waals surface area contributed by atoms with Gasteiger partial charge in [-0.2, -0.15) is 0 Å². The predicted octanol–water partition coefficient (Wildman–Crippen LogP) is 6.85. The molecule has 3 aromatic carbocycles. The maximum Gasteiger partial charge on any atom is 0.243 e. The number of nitrogens with zero attached hydrogens (tertiary/aromatic N) is 1. The zero-order valence-electron chi connectivity index (χ0n) is 21.5. The summed E-state index contributed by atoms with van der Waals surface area (Å²) < 4.78 is 5.79. The van der Waals surface area contributed by atoms with Crippen LogP contribution in [-0.2, 0) is 22.6 Å². The molecule has 3 aromatic rings. The number of benzene rings is 3. The van der Waals surface area contributed by atoms with E-state index in [4.69, 9.17) is 27.9 Å². The van der Waals surface area contributed by atoms with Gasteiger partial charge in [0.25, 0.3) is 0 Å². The van der Waals surface area contributed by atoms with Crippen molar-refractivity contribution in [2.45, 2.75) is 63.6 Å². The van der Waals surface area contributed by atoms with Crippen molar-refractivity contribution in [1.29, 1.82) is 0 Å². The number of rotatable bonds is 12. The van der Waals surface area contributed by atoms with Crippen molar-refractivity contribution in [2.75, 3.05) is 6.61 Å². The van der Waals surface area contributed by atoms with E-state index in [9.17, 15) is 9.59 Å². The molecule has 0 radical (unpaired) electrons. The van der Waals surface area contributed by atoms with E-state index >= 15 is 0 Å². The first kappa shape index (κ1) is 28.0. The molecule has 0 heterocycles. The summed E-state index contributed by atoms with van der Waals surface area (Å²) in [4.78, 5) is 29.1. The molecule has 1 aliphatic rings. The van der Waals surface area contributed by atoms with Gasteiger partial charge in [0.1, 0.15) is 11.8 Å². The number of ether oxygens (including phenoxy) is 1. The first-order chi connectivity index (χ1) is 18.5. The van der Waals surface area contributed by atoms with Crippen LogP contribution in [0.4, 0.5) is 0 Å². The highest BCUT2D eigenvalue weighted by Crippen LogP contribution is 2.22. The summed E-state index contributed by atoms with van der Waals surface area (Å²) in [6, 6.07) is 24.0. The summed E-state index contributed by atoms with van der Waals surface area (Å²) >= 11 is 12.2. The third-order valence-corrected chi connectivity index (χ3v) is 7.32. The van der Waals surface area contributed by atoms with Gasteiger partial charge in [-0.15, -0.1) is 0 Å². The van der Waals surface area contributed by atoms with Crippen LogP contribution in [0, 0.1) is 0 Å². The Kier molecular flexibility index (Phi) is 10.5. The molecule has 4 rings (SSSR count). The lowest BCUT2D eigenvalue weighted by Gasteiger charge is -2.32. The molecule has 0 saturated heterocycles. The third kappa shape index (κ3) is 8.50. The van der Waals surface area contributed by atoms with Crippen LogP contribution < -0.4 is 10.1 Å². The maximum absolute atomic E-state index is 13.7. The SMILES string of the molecule is O=C(NC1CCCC1)[C@@H](Cc1ccccc1)N(Cc1cccc(Cl)c1)C(=O)CCCOc1ccc(Cl)cc1. The molecule has 1 N–H and O–H groups in total. The second kappa shape index (κ2) is 14.2. The first-order valence-corrected chi connectivity index (χ1v) is 14.0. The Morgan fingerprint density at radius 2 is 1.61 bits per heavy atom. The van der Waals surface area contributed by atoms with Gasteiger partial charge >= 0.3 is 0 Å². The lowest BCUT2D eigenvalue weighted by Crippen LogP contribution is -2.52. The van der Waals surface area contributed by atoms with Gasteiger partial charge in [0, 0.05) is 35.5 Å². The molecule has 0 aromatic heterocycles. The first-order valence-electron chi connectivity index (χ1n) is 13.2. The van der Waals surface area contributed by atoms with Crippen molar-refractivity contribution in [2.24, 2.45) is 0 Å². The van der Waals surface area contributed by atoms with E-state index in [1.165, 1.54) is 0 Å². The lowest BCUT2D eigenvalue weighted by molar-refractivity contribution is -0.141. The molecular weight excluding hydrogens is 519 g/mol. The van der Waals surface area contributed by atoms with E-state index in [2.05, 4.69) is 5.32 Å². The molecule has 7 heteroatoms. The van der Waals surface area contributed by atoms with E-state index < -0.39 is 6.04 Å². The Morgan fingerprint density at radius 1 is 0.895 bits per heavy atom. The van der Waals surface area contributed by atoms with Crippen LogP contribution in [0.5, 0.6) is 5.75 Å². The smallest absolute Gasteiger partial charge is 0.243 e. The van der Waals surface area contributed by atoms with E-state index in [1.54, 1.807) is 35.2 Å². The number of hydrogen-bond acceptors (Lipinski definition) is 3. The van der Waals surface area contributed by atoms with Crippen molar-refractivity contribution in [1.82, 2.24) is 10.2 Å². The van der Waals surface area contributed by atoms with Crippen LogP contribution >= 0.6 is 23.2 Å². The molecule has 1 saturated carbocycles. The Balaban J connectivity index is 1.51. The minimum absolute atomic E-state index is 0.0906. The van der Waals surface area contributed by atoms with E-state index in [0.717, 1.165) is 36.8 Å². The molecule has 200 valence electrons. The summed E-state index contributed by atoms with van der Waals surface area (Å²) in [6.45, 7) is 0.684. The number of carbonyl (C=O) groups excluding carboxylic acids is 2. The van der Waals surface area contributed by atoms with Crippen molar-refractivity contribution < 1.29 is 14.3 Å². The summed E-state index contributed by atoms with van der Waals surface area (Å²) in [5.74, 6) is 0.510. The summed E-state index contributed by atoms with van der Waals surface area (Å²) in [6.07, 6.45) is 5.42. The zero-order chi connectivity index (χ0) is 26.7. The minimum Gasteiger partial charge on any atom is -0.494 e. The van der Waals surface area contributed by atoms with Gasteiger partial charge in [-0.05, 0) is 66.8 Å². The number of halogens is 2. The Bertz CT molecular complexity index is 1180. The molecule has 2 amide bonds. The minimum atomic E-state index is -0.637. The topological polar surface area (TPSA) is 58.6 Å². The maximum atomic E-state index is 13.7. The highest BCUT2D eigenvalue weighted by atomic mass is 35.5. The highest BCUT2D eigenvalue weighted by Gasteiger charge is 2.32. The Labute approximate surface area is 235 Å². The number of nitrogens with one attached hydrogen (secondary N) is 1. The van der Waals surface area contributed by atoms with Crippen LogP contribution in [0.25, 0.3) is 0 Å². The van der Waals surface area contributed by atoms with Gasteiger partial charge in [0.2, 0.25) is 11.8 Å². The van der Waals surface area contributed by atoms with Crippen molar-refractivity contribution in [3.63, 3.8) is 0 Å². The third-order valence-electron chi connectivity index (χ3n) is 6.83. The standard InChI is InChI=1S/C31H34Cl2N2O3/c32-25-15-17-28(18-16-25)38-19-7-14-30(36)35(22-24-10-6-11-26(33)20-24)29(21-23-8-2-1-3-9-23)31(37)34-27-12-4-5-13-27/h1-3,6,8-11,15-18,20,27,29H,4-5,7,12-14,19,21-22H2,(H,34,37)/t29-/m1/s1. The Morgan fingerprint density at radius 3 is 2.32 bits per heavy atom. The second-order valence-corrected chi connectivity index (χ2v) is 10.6. The quantitative estimate of drug-likeness (QED) is 0.250. The number of hydrogen-bond donors (Lipinski definition) is 1. The van der Waals surface area contributed by atoms with Gasteiger partial charge in [-0.3, -0.25) is 9.59 Å². The van der Waals surface area contributed by atoms with Crippen molar-refractivity contribution in [3.8, 4) is 5.75 Å². The molecule has 1 aliphatic carbocycles. The lowest BCUT2D eigenvalue weighted by atomic mass is 10.0. The van der Waals surface area contributed by atoms with Gasteiger partial charge in [0.15, 0.2) is 0 Å². The van der Waals surface area contributed by atoms with E-state index in [1.807, 2.05) is 48.5 Å². The molecule has 38 heavy (non-hydrogen) atoms. The van der Waals surface area contributed by atoms with Crippen LogP contribution in [0.15, 0.2) is 78.9 Å². The fraction of sp³-hybridized carbons (Fsp3) is 0.355. The molecule has 1 atom stereocenters. The van der Waals surface area contributed by atoms with Gasteiger partial charge < -0.3 is 15.0 Å². The normalized spacial score (nSPS) is 14.2. The largest absolute Gasteiger partial charge is 0.494 e. The monoisotopic (exact) mass is 552 g/mol. The van der Waals surface area contributed by atoms with Crippen LogP contribution in [0.2, 0.25) is 10.0 Å². The fourth-order valence-electron chi connectivity index (χ4n) is 4.84.